The Morgan fingerprint density at radius 3 is 1.84 bits per heavy atom. The van der Waals surface area contributed by atoms with E-state index in [2.05, 4.69) is 12.5 Å². The van der Waals surface area contributed by atoms with Crippen molar-refractivity contribution in [3.63, 3.8) is 0 Å². The van der Waals surface area contributed by atoms with E-state index >= 15 is 0 Å². The Morgan fingerprint density at radius 2 is 1.47 bits per heavy atom. The fourth-order valence-electron chi connectivity index (χ4n) is 1.51. The van der Waals surface area contributed by atoms with Gasteiger partial charge >= 0.3 is 17.8 Å². The van der Waals surface area contributed by atoms with Crippen LogP contribution in [0.3, 0.4) is 0 Å². The van der Waals surface area contributed by atoms with E-state index in [4.69, 9.17) is 0 Å². The van der Waals surface area contributed by atoms with Crippen LogP contribution < -0.4 is 0 Å². The van der Waals surface area contributed by atoms with Gasteiger partial charge in [-0.15, -0.1) is 0 Å². The van der Waals surface area contributed by atoms with Gasteiger partial charge in [0.1, 0.15) is 13.2 Å². The molecule has 1 rings (SSSR count). The molecule has 0 bridgehead atoms. The van der Waals surface area contributed by atoms with E-state index in [1.807, 2.05) is 0 Å². The second kappa shape index (κ2) is 7.02. The molecule has 0 saturated carbocycles. The topological polar surface area (TPSA) is 44.8 Å². The van der Waals surface area contributed by atoms with Gasteiger partial charge in [0, 0.05) is 13.2 Å². The van der Waals surface area contributed by atoms with Gasteiger partial charge in [-0.1, -0.05) is 0 Å². The van der Waals surface area contributed by atoms with Crippen LogP contribution in [0, 0.1) is 5.92 Å². The first-order chi connectivity index (χ1) is 8.80. The van der Waals surface area contributed by atoms with Gasteiger partial charge in [-0.2, -0.15) is 17.6 Å². The maximum Gasteiger partial charge on any atom is 0.335 e. The molecule has 112 valence electrons. The Labute approximate surface area is 121 Å². The molecular weight excluding hydrogens is 387 g/mol. The Hall–Kier alpha value is -0.160. The third kappa shape index (κ3) is 4.71. The first-order valence-corrected chi connectivity index (χ1v) is 6.42. The highest BCUT2D eigenvalue weighted by molar-refractivity contribution is 14.1. The lowest BCUT2D eigenvalue weighted by atomic mass is 10.0. The number of carbonyl (C=O) groups is 1. The van der Waals surface area contributed by atoms with Crippen LogP contribution >= 0.6 is 23.0 Å². The number of rotatable bonds is 1. The van der Waals surface area contributed by atoms with Gasteiger partial charge in [-0.25, -0.2) is 0 Å². The predicted octanol–water partition coefficient (Wildman–Crippen LogP) is 2.59. The highest BCUT2D eigenvalue weighted by Crippen LogP contribution is 2.35. The number of hydrogen-bond donors (Lipinski definition) is 0. The van der Waals surface area contributed by atoms with Crippen molar-refractivity contribution in [1.29, 1.82) is 0 Å². The molecule has 0 aliphatic carbocycles. The van der Waals surface area contributed by atoms with Crippen LogP contribution in [-0.4, -0.2) is 44.2 Å². The van der Waals surface area contributed by atoms with Crippen molar-refractivity contribution < 1.29 is 34.9 Å². The second-order valence-electron chi connectivity index (χ2n) is 4.18. The largest absolute Gasteiger partial charge is 0.394 e. The van der Waals surface area contributed by atoms with Gasteiger partial charge in [-0.05, 0) is 12.8 Å². The zero-order valence-electron chi connectivity index (χ0n) is 9.84. The maximum atomic E-state index is 13.1. The van der Waals surface area contributed by atoms with Crippen molar-refractivity contribution in [2.75, 3.05) is 26.4 Å². The lowest BCUT2D eigenvalue weighted by molar-refractivity contribution is -0.250. The zero-order chi connectivity index (χ0) is 14.5. The van der Waals surface area contributed by atoms with E-state index < -0.39 is 36.9 Å². The number of alkyl halides is 4. The first kappa shape index (κ1) is 16.9. The van der Waals surface area contributed by atoms with Gasteiger partial charge in [0.2, 0.25) is 0 Å². The third-order valence-electron chi connectivity index (χ3n) is 2.73. The average Bonchev–Trinajstić information content (AvgIpc) is 2.36. The molecule has 1 heterocycles. The lowest BCUT2D eigenvalue weighted by Crippen LogP contribution is -2.47. The molecule has 0 aromatic rings. The average molecular weight is 400 g/mol. The highest BCUT2D eigenvalue weighted by atomic mass is 127. The normalized spacial score (nSPS) is 25.3. The van der Waals surface area contributed by atoms with Crippen LogP contribution in [-0.2, 0) is 17.3 Å². The minimum atomic E-state index is -4.30. The van der Waals surface area contributed by atoms with Gasteiger partial charge in [0.15, 0.2) is 23.0 Å². The minimum absolute atomic E-state index is 0.118. The van der Waals surface area contributed by atoms with Crippen LogP contribution in [0.1, 0.15) is 12.8 Å². The molecule has 0 spiro atoms. The summed E-state index contributed by atoms with van der Waals surface area (Å²) in [6.07, 6.45) is 0.236. The molecule has 0 amide bonds. The lowest BCUT2D eigenvalue weighted by Gasteiger charge is -2.25. The summed E-state index contributed by atoms with van der Waals surface area (Å²) in [6, 6.07) is 0. The van der Waals surface area contributed by atoms with E-state index in [0.717, 1.165) is 0 Å². The summed E-state index contributed by atoms with van der Waals surface area (Å²) >= 11 is 1.40. The predicted molar refractivity (Wildman–Crippen MR) is 64.4 cm³/mol. The molecule has 0 aromatic carbocycles. The Kier molecular flexibility index (Phi) is 6.24. The van der Waals surface area contributed by atoms with Crippen LogP contribution in [0.4, 0.5) is 17.6 Å². The summed E-state index contributed by atoms with van der Waals surface area (Å²) in [5.41, 5.74) is 0. The first-order valence-electron chi connectivity index (χ1n) is 5.54. The summed E-state index contributed by atoms with van der Waals surface area (Å²) in [5.74, 6) is -9.75. The monoisotopic (exact) mass is 400 g/mol. The molecule has 0 atom stereocenters. The number of ether oxygens (including phenoxy) is 2. The van der Waals surface area contributed by atoms with Crippen molar-refractivity contribution in [1.82, 2.24) is 0 Å². The highest BCUT2D eigenvalue weighted by Gasteiger charge is 2.56. The molecule has 4 nitrogen and oxygen atoms in total. The molecule has 1 aliphatic heterocycles. The van der Waals surface area contributed by atoms with E-state index in [-0.39, 0.29) is 26.1 Å². The molecule has 0 N–H and O–H groups in total. The van der Waals surface area contributed by atoms with E-state index in [1.165, 1.54) is 23.0 Å². The van der Waals surface area contributed by atoms with Gasteiger partial charge in [0.25, 0.3) is 0 Å². The van der Waals surface area contributed by atoms with E-state index in [9.17, 15) is 22.4 Å². The van der Waals surface area contributed by atoms with E-state index in [0.29, 0.717) is 0 Å². The Balaban J connectivity index is 2.67. The standard InChI is InChI=1S/C10H13F4IO4/c11-9(12)5-17-3-1-7(8(16)19-15)2-4-18-6-10(9,13)14/h7H,1-6H2. The van der Waals surface area contributed by atoms with Crippen molar-refractivity contribution >= 4 is 29.0 Å². The van der Waals surface area contributed by atoms with Crippen molar-refractivity contribution in [3.8, 4) is 0 Å². The van der Waals surface area contributed by atoms with Gasteiger partial charge < -0.3 is 12.5 Å². The molecule has 1 fully saturated rings. The second-order valence-corrected chi connectivity index (χ2v) is 4.62. The summed E-state index contributed by atoms with van der Waals surface area (Å²) in [4.78, 5) is 11.3. The SMILES string of the molecule is O=C(OI)C1CCOCC(F)(F)C(F)(F)COCC1. The van der Waals surface area contributed by atoms with Crippen LogP contribution in [0.2, 0.25) is 0 Å². The fourth-order valence-corrected chi connectivity index (χ4v) is 1.87. The number of hydrogen-bond acceptors (Lipinski definition) is 4. The zero-order valence-corrected chi connectivity index (χ0v) is 12.0. The quantitative estimate of drug-likeness (QED) is 0.502. The van der Waals surface area contributed by atoms with Crippen molar-refractivity contribution in [2.45, 2.75) is 24.7 Å². The van der Waals surface area contributed by atoms with Crippen molar-refractivity contribution in [2.24, 2.45) is 5.92 Å². The number of halogens is 5. The van der Waals surface area contributed by atoms with Crippen molar-refractivity contribution in [3.05, 3.63) is 0 Å². The Bertz CT molecular complexity index is 292. The van der Waals surface area contributed by atoms with Crippen LogP contribution in [0.15, 0.2) is 0 Å². The summed E-state index contributed by atoms with van der Waals surface area (Å²) in [7, 11) is 0. The Morgan fingerprint density at radius 1 is 1.05 bits per heavy atom. The van der Waals surface area contributed by atoms with Crippen LogP contribution in [0.25, 0.3) is 0 Å². The van der Waals surface area contributed by atoms with Crippen LogP contribution in [0.5, 0.6) is 0 Å². The molecule has 0 aromatic heterocycles. The molecule has 0 unspecified atom stereocenters. The maximum absolute atomic E-state index is 13.1. The minimum Gasteiger partial charge on any atom is -0.394 e. The van der Waals surface area contributed by atoms with Gasteiger partial charge in [-0.3, -0.25) is 4.79 Å². The van der Waals surface area contributed by atoms with E-state index in [1.54, 1.807) is 0 Å². The van der Waals surface area contributed by atoms with Gasteiger partial charge in [0.05, 0.1) is 5.92 Å². The summed E-state index contributed by atoms with van der Waals surface area (Å²) < 4.78 is 66.2. The molecule has 19 heavy (non-hydrogen) atoms. The summed E-state index contributed by atoms with van der Waals surface area (Å²) in [6.45, 7) is -3.26. The number of carbonyl (C=O) groups excluding carboxylic acids is 1. The molecule has 0 radical (unpaired) electrons. The summed E-state index contributed by atoms with van der Waals surface area (Å²) in [5, 5.41) is 0. The molecule has 1 aliphatic rings. The molecule has 9 heteroatoms. The molecule has 1 saturated heterocycles. The smallest absolute Gasteiger partial charge is 0.335 e. The molecular formula is C10H13F4IO4. The fraction of sp³-hybridized carbons (Fsp3) is 0.900. The third-order valence-corrected chi connectivity index (χ3v) is 3.17.